The summed E-state index contributed by atoms with van der Waals surface area (Å²) in [6.45, 7) is 3.93. The van der Waals surface area contributed by atoms with Gasteiger partial charge in [0.05, 0.1) is 5.84 Å². The van der Waals surface area contributed by atoms with E-state index in [0.717, 1.165) is 37.0 Å². The van der Waals surface area contributed by atoms with Gasteiger partial charge in [0.1, 0.15) is 0 Å². The fourth-order valence-corrected chi connectivity index (χ4v) is 3.62. The number of halogens is 1. The second-order valence-electron chi connectivity index (χ2n) is 6.17. The van der Waals surface area contributed by atoms with E-state index in [-0.39, 0.29) is 0 Å². The van der Waals surface area contributed by atoms with E-state index in [1.807, 2.05) is 12.1 Å². The van der Waals surface area contributed by atoms with Crippen molar-refractivity contribution in [3.8, 4) is 0 Å². The third kappa shape index (κ3) is 3.52. The number of hydrogen-bond donors (Lipinski definition) is 1. The minimum Gasteiger partial charge on any atom is -0.368 e. The van der Waals surface area contributed by atoms with Gasteiger partial charge in [0, 0.05) is 42.8 Å². The lowest BCUT2D eigenvalue weighted by atomic mass is 9.88. The van der Waals surface area contributed by atoms with Gasteiger partial charge in [-0.15, -0.1) is 0 Å². The monoisotopic (exact) mass is 305 g/mol. The lowest BCUT2D eigenvalue weighted by molar-refractivity contribution is 0.335. The van der Waals surface area contributed by atoms with Gasteiger partial charge < -0.3 is 9.80 Å². The zero-order valence-corrected chi connectivity index (χ0v) is 13.3. The van der Waals surface area contributed by atoms with E-state index in [1.54, 1.807) is 0 Å². The van der Waals surface area contributed by atoms with Crippen LogP contribution in [0.4, 0.5) is 5.69 Å². The largest absolute Gasteiger partial charge is 0.368 e. The van der Waals surface area contributed by atoms with Crippen LogP contribution >= 0.6 is 11.6 Å². The number of hydrogen-bond acceptors (Lipinski definition) is 2. The van der Waals surface area contributed by atoms with Crippen LogP contribution in [-0.4, -0.2) is 36.9 Å². The first-order valence-electron chi connectivity index (χ1n) is 8.08. The number of anilines is 1. The van der Waals surface area contributed by atoms with Crippen LogP contribution in [0.1, 0.15) is 32.1 Å². The van der Waals surface area contributed by atoms with Crippen molar-refractivity contribution in [2.75, 3.05) is 31.1 Å². The third-order valence-electron chi connectivity index (χ3n) is 4.80. The Balaban J connectivity index is 1.54. The SMILES string of the molecule is N=C(C1CCCCC1)N1CCN(c2ccc(Cl)cc2)CC1. The van der Waals surface area contributed by atoms with Crippen LogP contribution in [0.5, 0.6) is 0 Å². The molecule has 1 aromatic rings. The lowest BCUT2D eigenvalue weighted by Crippen LogP contribution is -2.50. The van der Waals surface area contributed by atoms with Gasteiger partial charge in [-0.1, -0.05) is 30.9 Å². The first-order valence-corrected chi connectivity index (χ1v) is 8.46. The van der Waals surface area contributed by atoms with Crippen molar-refractivity contribution in [3.05, 3.63) is 29.3 Å². The fraction of sp³-hybridized carbons (Fsp3) is 0.588. The molecule has 0 aromatic heterocycles. The molecule has 0 amide bonds. The molecule has 0 bridgehead atoms. The Morgan fingerprint density at radius 2 is 1.57 bits per heavy atom. The number of nitrogens with one attached hydrogen (secondary N) is 1. The van der Waals surface area contributed by atoms with E-state index in [0.29, 0.717) is 5.92 Å². The van der Waals surface area contributed by atoms with Crippen molar-refractivity contribution in [1.82, 2.24) is 4.90 Å². The molecule has 1 saturated carbocycles. The Morgan fingerprint density at radius 3 is 2.19 bits per heavy atom. The molecule has 4 heteroatoms. The maximum absolute atomic E-state index is 8.47. The van der Waals surface area contributed by atoms with Crippen molar-refractivity contribution >= 4 is 23.1 Å². The van der Waals surface area contributed by atoms with E-state index in [2.05, 4.69) is 21.9 Å². The first kappa shape index (κ1) is 14.7. The van der Waals surface area contributed by atoms with Crippen molar-refractivity contribution in [2.45, 2.75) is 32.1 Å². The summed E-state index contributed by atoms with van der Waals surface area (Å²) < 4.78 is 0. The van der Waals surface area contributed by atoms with Gasteiger partial charge >= 0.3 is 0 Å². The summed E-state index contributed by atoms with van der Waals surface area (Å²) in [7, 11) is 0. The Hall–Kier alpha value is -1.22. The fourth-order valence-electron chi connectivity index (χ4n) is 3.49. The molecular weight excluding hydrogens is 282 g/mol. The summed E-state index contributed by atoms with van der Waals surface area (Å²) >= 11 is 5.95. The summed E-state index contributed by atoms with van der Waals surface area (Å²) in [6, 6.07) is 8.08. The second kappa shape index (κ2) is 6.69. The molecule has 0 spiro atoms. The molecule has 0 unspecified atom stereocenters. The highest BCUT2D eigenvalue weighted by molar-refractivity contribution is 6.30. The normalized spacial score (nSPS) is 20.6. The molecule has 0 atom stereocenters. The summed E-state index contributed by atoms with van der Waals surface area (Å²) in [6.07, 6.45) is 6.40. The molecule has 3 rings (SSSR count). The summed E-state index contributed by atoms with van der Waals surface area (Å²) in [4.78, 5) is 4.68. The van der Waals surface area contributed by atoms with Crippen LogP contribution < -0.4 is 4.90 Å². The number of benzene rings is 1. The van der Waals surface area contributed by atoms with Crippen molar-refractivity contribution in [1.29, 1.82) is 5.41 Å². The van der Waals surface area contributed by atoms with Crippen LogP contribution in [0.2, 0.25) is 5.02 Å². The number of nitrogens with zero attached hydrogens (tertiary/aromatic N) is 2. The van der Waals surface area contributed by atoms with E-state index in [9.17, 15) is 0 Å². The highest BCUT2D eigenvalue weighted by atomic mass is 35.5. The molecule has 1 saturated heterocycles. The maximum atomic E-state index is 8.47. The van der Waals surface area contributed by atoms with E-state index >= 15 is 0 Å². The maximum Gasteiger partial charge on any atom is 0.0990 e. The predicted molar refractivity (Wildman–Crippen MR) is 89.5 cm³/mol. The Bertz CT molecular complexity index is 471. The van der Waals surface area contributed by atoms with Gasteiger partial charge in [-0.05, 0) is 37.1 Å². The van der Waals surface area contributed by atoms with Gasteiger partial charge in [-0.25, -0.2) is 0 Å². The molecule has 2 fully saturated rings. The van der Waals surface area contributed by atoms with E-state index in [4.69, 9.17) is 17.0 Å². The Labute approximate surface area is 132 Å². The molecule has 1 aliphatic heterocycles. The average Bonchev–Trinajstić information content (AvgIpc) is 2.56. The van der Waals surface area contributed by atoms with Crippen molar-refractivity contribution in [3.63, 3.8) is 0 Å². The molecule has 21 heavy (non-hydrogen) atoms. The molecule has 3 nitrogen and oxygen atoms in total. The van der Waals surface area contributed by atoms with Crippen LogP contribution in [0, 0.1) is 11.3 Å². The molecule has 1 aliphatic carbocycles. The van der Waals surface area contributed by atoms with Crippen molar-refractivity contribution < 1.29 is 0 Å². The highest BCUT2D eigenvalue weighted by Gasteiger charge is 2.25. The Kier molecular flexibility index (Phi) is 4.69. The quantitative estimate of drug-likeness (QED) is 0.661. The van der Waals surface area contributed by atoms with Crippen molar-refractivity contribution in [2.24, 2.45) is 5.92 Å². The second-order valence-corrected chi connectivity index (χ2v) is 6.61. The minimum atomic E-state index is 0.515. The van der Waals surface area contributed by atoms with Crippen LogP contribution in [0.25, 0.3) is 0 Å². The first-order chi connectivity index (χ1) is 10.2. The standard InChI is InChI=1S/C17H24ClN3/c18-15-6-8-16(9-7-15)20-10-12-21(13-11-20)17(19)14-4-2-1-3-5-14/h6-9,14,19H,1-5,10-13H2. The van der Waals surface area contributed by atoms with Gasteiger partial charge in [0.15, 0.2) is 0 Å². The van der Waals surface area contributed by atoms with Crippen LogP contribution in [-0.2, 0) is 0 Å². The highest BCUT2D eigenvalue weighted by Crippen LogP contribution is 2.26. The third-order valence-corrected chi connectivity index (χ3v) is 5.06. The minimum absolute atomic E-state index is 0.515. The molecule has 114 valence electrons. The topological polar surface area (TPSA) is 30.3 Å². The van der Waals surface area contributed by atoms with Gasteiger partial charge in [0.25, 0.3) is 0 Å². The molecule has 1 heterocycles. The van der Waals surface area contributed by atoms with E-state index < -0.39 is 0 Å². The van der Waals surface area contributed by atoms with E-state index in [1.165, 1.54) is 37.8 Å². The lowest BCUT2D eigenvalue weighted by Gasteiger charge is -2.39. The van der Waals surface area contributed by atoms with Crippen LogP contribution in [0.15, 0.2) is 24.3 Å². The molecule has 2 aliphatic rings. The summed E-state index contributed by atoms with van der Waals surface area (Å²) in [5.74, 6) is 1.41. The molecule has 1 N–H and O–H groups in total. The average molecular weight is 306 g/mol. The van der Waals surface area contributed by atoms with Gasteiger partial charge in [-0.3, -0.25) is 5.41 Å². The zero-order chi connectivity index (χ0) is 14.7. The predicted octanol–water partition coefficient (Wildman–Crippen LogP) is 4.02. The summed E-state index contributed by atoms with van der Waals surface area (Å²) in [5, 5.41) is 9.25. The molecule has 0 radical (unpaired) electrons. The zero-order valence-electron chi connectivity index (χ0n) is 12.5. The number of rotatable bonds is 2. The molecular formula is C17H24ClN3. The number of piperazine rings is 1. The van der Waals surface area contributed by atoms with Gasteiger partial charge in [-0.2, -0.15) is 0 Å². The summed E-state index contributed by atoms with van der Waals surface area (Å²) in [5.41, 5.74) is 1.24. The van der Waals surface area contributed by atoms with Crippen LogP contribution in [0.3, 0.4) is 0 Å². The molecule has 1 aromatic carbocycles. The smallest absolute Gasteiger partial charge is 0.0990 e. The number of amidine groups is 1. The Morgan fingerprint density at radius 1 is 0.952 bits per heavy atom. The van der Waals surface area contributed by atoms with Gasteiger partial charge in [0.2, 0.25) is 0 Å².